The first-order chi connectivity index (χ1) is 12.7. The van der Waals surface area contributed by atoms with Gasteiger partial charge in [0.15, 0.2) is 11.6 Å². The van der Waals surface area contributed by atoms with Crippen LogP contribution in [0.3, 0.4) is 0 Å². The standard InChI is InChI=1S/C20H25FN2O3/c1-25-18-8-7-15(12-16(18)21)13-20(24)22-14-17(19-6-5-11-26-19)23-9-3-2-4-10-23/h5-8,11-12,17H,2-4,9-10,13-14H2,1H3,(H,22,24). The zero-order valence-corrected chi connectivity index (χ0v) is 15.0. The third-order valence-electron chi connectivity index (χ3n) is 4.78. The molecule has 0 saturated carbocycles. The Morgan fingerprint density at radius 3 is 2.77 bits per heavy atom. The van der Waals surface area contributed by atoms with Gasteiger partial charge in [-0.25, -0.2) is 4.39 Å². The lowest BCUT2D eigenvalue weighted by molar-refractivity contribution is -0.120. The van der Waals surface area contributed by atoms with Crippen molar-refractivity contribution < 1.29 is 18.3 Å². The molecule has 1 fully saturated rings. The van der Waals surface area contributed by atoms with E-state index >= 15 is 0 Å². The maximum absolute atomic E-state index is 13.8. The second-order valence-electron chi connectivity index (χ2n) is 6.58. The topological polar surface area (TPSA) is 54.7 Å². The van der Waals surface area contributed by atoms with Crippen molar-refractivity contribution in [3.05, 3.63) is 53.7 Å². The Labute approximate surface area is 153 Å². The molecule has 1 unspecified atom stereocenters. The van der Waals surface area contributed by atoms with Gasteiger partial charge in [-0.2, -0.15) is 0 Å². The Balaban J connectivity index is 1.59. The highest BCUT2D eigenvalue weighted by Crippen LogP contribution is 2.24. The van der Waals surface area contributed by atoms with Crippen LogP contribution in [0.15, 0.2) is 41.0 Å². The minimum Gasteiger partial charge on any atom is -0.494 e. The van der Waals surface area contributed by atoms with Gasteiger partial charge in [0.2, 0.25) is 5.91 Å². The van der Waals surface area contributed by atoms with E-state index in [-0.39, 0.29) is 24.1 Å². The summed E-state index contributed by atoms with van der Waals surface area (Å²) in [5.41, 5.74) is 0.619. The molecule has 3 rings (SSSR count). The molecule has 1 aliphatic heterocycles. The van der Waals surface area contributed by atoms with E-state index in [1.165, 1.54) is 25.7 Å². The third-order valence-corrected chi connectivity index (χ3v) is 4.78. The monoisotopic (exact) mass is 360 g/mol. The third kappa shape index (κ3) is 4.64. The molecule has 0 radical (unpaired) electrons. The van der Waals surface area contributed by atoms with Crippen LogP contribution in [0.25, 0.3) is 0 Å². The van der Waals surface area contributed by atoms with Crippen LogP contribution < -0.4 is 10.1 Å². The molecule has 2 heterocycles. The second kappa shape index (κ2) is 8.85. The first kappa shape index (κ1) is 18.5. The number of nitrogens with one attached hydrogen (secondary N) is 1. The predicted octanol–water partition coefficient (Wildman–Crippen LogP) is 3.31. The number of halogens is 1. The number of nitrogens with zero attached hydrogens (tertiary/aromatic N) is 1. The highest BCUT2D eigenvalue weighted by Gasteiger charge is 2.24. The number of likely N-dealkylation sites (tertiary alicyclic amines) is 1. The molecule has 0 aliphatic carbocycles. The van der Waals surface area contributed by atoms with Crippen LogP contribution in [0.1, 0.15) is 36.6 Å². The summed E-state index contributed by atoms with van der Waals surface area (Å²) < 4.78 is 24.3. The molecular weight excluding hydrogens is 335 g/mol. The van der Waals surface area contributed by atoms with Gasteiger partial charge in [0.25, 0.3) is 0 Å². The van der Waals surface area contributed by atoms with Crippen molar-refractivity contribution in [3.8, 4) is 5.75 Å². The number of furan rings is 1. The van der Waals surface area contributed by atoms with Gasteiger partial charge in [-0.1, -0.05) is 12.5 Å². The number of ether oxygens (including phenoxy) is 1. The number of rotatable bonds is 7. The number of methoxy groups -OCH3 is 1. The predicted molar refractivity (Wildman–Crippen MR) is 96.5 cm³/mol. The van der Waals surface area contributed by atoms with Crippen molar-refractivity contribution in [3.63, 3.8) is 0 Å². The van der Waals surface area contributed by atoms with E-state index in [1.54, 1.807) is 12.3 Å². The maximum atomic E-state index is 13.8. The average Bonchev–Trinajstić information content (AvgIpc) is 3.17. The summed E-state index contributed by atoms with van der Waals surface area (Å²) in [6.45, 7) is 2.49. The van der Waals surface area contributed by atoms with Crippen LogP contribution in [-0.4, -0.2) is 37.6 Å². The van der Waals surface area contributed by atoms with Crippen LogP contribution in [0.5, 0.6) is 5.75 Å². The molecular formula is C20H25FN2O3. The van der Waals surface area contributed by atoms with Crippen LogP contribution in [0, 0.1) is 5.82 Å². The zero-order valence-electron chi connectivity index (χ0n) is 15.0. The quantitative estimate of drug-likeness (QED) is 0.823. The van der Waals surface area contributed by atoms with Gasteiger partial charge < -0.3 is 14.5 Å². The van der Waals surface area contributed by atoms with Gasteiger partial charge >= 0.3 is 0 Å². The van der Waals surface area contributed by atoms with E-state index in [0.29, 0.717) is 12.1 Å². The van der Waals surface area contributed by atoms with Gasteiger partial charge in [0, 0.05) is 6.54 Å². The van der Waals surface area contributed by atoms with E-state index in [4.69, 9.17) is 9.15 Å². The molecule has 5 nitrogen and oxygen atoms in total. The van der Waals surface area contributed by atoms with Gasteiger partial charge in [-0.15, -0.1) is 0 Å². The fourth-order valence-corrected chi connectivity index (χ4v) is 3.40. The Bertz CT molecular complexity index is 712. The van der Waals surface area contributed by atoms with Crippen molar-refractivity contribution in [1.82, 2.24) is 10.2 Å². The van der Waals surface area contributed by atoms with Crippen LogP contribution in [-0.2, 0) is 11.2 Å². The lowest BCUT2D eigenvalue weighted by atomic mass is 10.1. The summed E-state index contributed by atoms with van der Waals surface area (Å²) in [6.07, 6.45) is 5.36. The van der Waals surface area contributed by atoms with Crippen LogP contribution in [0.4, 0.5) is 4.39 Å². The molecule has 1 amide bonds. The fraction of sp³-hybridized carbons (Fsp3) is 0.450. The minimum atomic E-state index is -0.459. The Morgan fingerprint density at radius 2 is 2.12 bits per heavy atom. The van der Waals surface area contributed by atoms with Crippen LogP contribution in [0.2, 0.25) is 0 Å². The maximum Gasteiger partial charge on any atom is 0.224 e. The molecule has 1 aromatic heterocycles. The first-order valence-electron chi connectivity index (χ1n) is 9.04. The fourth-order valence-electron chi connectivity index (χ4n) is 3.40. The number of amides is 1. The molecule has 2 aromatic rings. The van der Waals surface area contributed by atoms with E-state index in [9.17, 15) is 9.18 Å². The van der Waals surface area contributed by atoms with Gasteiger partial charge in [-0.3, -0.25) is 9.69 Å². The Kier molecular flexibility index (Phi) is 6.28. The van der Waals surface area contributed by atoms with E-state index in [1.807, 2.05) is 12.1 Å². The van der Waals surface area contributed by atoms with Crippen molar-refractivity contribution in [1.29, 1.82) is 0 Å². The second-order valence-corrected chi connectivity index (χ2v) is 6.58. The van der Waals surface area contributed by atoms with Crippen molar-refractivity contribution in [2.45, 2.75) is 31.7 Å². The molecule has 140 valence electrons. The van der Waals surface area contributed by atoms with E-state index < -0.39 is 5.82 Å². The molecule has 6 heteroatoms. The highest BCUT2D eigenvalue weighted by atomic mass is 19.1. The van der Waals surface area contributed by atoms with E-state index in [0.717, 1.165) is 31.7 Å². The lowest BCUT2D eigenvalue weighted by Crippen LogP contribution is -2.40. The molecule has 0 bridgehead atoms. The van der Waals surface area contributed by atoms with E-state index in [2.05, 4.69) is 10.2 Å². The number of carbonyl (C=O) groups is 1. The first-order valence-corrected chi connectivity index (χ1v) is 9.04. The average molecular weight is 360 g/mol. The number of hydrogen-bond acceptors (Lipinski definition) is 4. The van der Waals surface area contributed by atoms with Gasteiger partial charge in [-0.05, 0) is 55.8 Å². The number of benzene rings is 1. The Morgan fingerprint density at radius 1 is 1.31 bits per heavy atom. The summed E-state index contributed by atoms with van der Waals surface area (Å²) >= 11 is 0. The van der Waals surface area contributed by atoms with Crippen molar-refractivity contribution in [2.75, 3.05) is 26.7 Å². The molecule has 1 N–H and O–H groups in total. The largest absolute Gasteiger partial charge is 0.494 e. The summed E-state index contributed by atoms with van der Waals surface area (Å²) in [4.78, 5) is 14.7. The molecule has 1 saturated heterocycles. The summed E-state index contributed by atoms with van der Waals surface area (Å²) in [7, 11) is 1.42. The van der Waals surface area contributed by atoms with Gasteiger partial charge in [0.1, 0.15) is 5.76 Å². The number of carbonyl (C=O) groups excluding carboxylic acids is 1. The summed E-state index contributed by atoms with van der Waals surface area (Å²) in [6, 6.07) is 8.43. The van der Waals surface area contributed by atoms with Gasteiger partial charge in [0.05, 0.1) is 25.8 Å². The SMILES string of the molecule is COc1ccc(CC(=O)NCC(c2ccco2)N2CCCCC2)cc1F. The Hall–Kier alpha value is -2.34. The zero-order chi connectivity index (χ0) is 18.4. The summed E-state index contributed by atoms with van der Waals surface area (Å²) in [5.74, 6) is 0.447. The number of hydrogen-bond donors (Lipinski definition) is 1. The normalized spacial score (nSPS) is 16.2. The minimum absolute atomic E-state index is 0.0295. The lowest BCUT2D eigenvalue weighted by Gasteiger charge is -2.33. The van der Waals surface area contributed by atoms with Crippen molar-refractivity contribution >= 4 is 5.91 Å². The van der Waals surface area contributed by atoms with Crippen LogP contribution >= 0.6 is 0 Å². The highest BCUT2D eigenvalue weighted by molar-refractivity contribution is 5.78. The number of piperidine rings is 1. The smallest absolute Gasteiger partial charge is 0.224 e. The summed E-state index contributed by atoms with van der Waals surface area (Å²) in [5, 5.41) is 2.97. The molecule has 1 atom stereocenters. The molecule has 0 spiro atoms. The van der Waals surface area contributed by atoms with Crippen molar-refractivity contribution in [2.24, 2.45) is 0 Å². The molecule has 1 aliphatic rings. The molecule has 26 heavy (non-hydrogen) atoms. The molecule has 1 aromatic carbocycles.